The fourth-order valence-electron chi connectivity index (χ4n) is 3.69. The molecule has 9 nitrogen and oxygen atoms in total. The molecule has 0 bridgehead atoms. The SMILES string of the molecule is CN1CCN(S(=O)(=O)c2ccc(NC(=O)C3CCN(C(=O)OCC(F)(F)F)CC3)cc2)CC1. The number of carbonyl (C=O) groups excluding carboxylic acids is 2. The molecule has 0 radical (unpaired) electrons. The number of rotatable bonds is 5. The molecule has 2 amide bonds. The van der Waals surface area contributed by atoms with E-state index in [0.717, 1.165) is 4.90 Å². The van der Waals surface area contributed by atoms with Crippen molar-refractivity contribution in [3.05, 3.63) is 24.3 Å². The number of hydrogen-bond donors (Lipinski definition) is 1. The number of likely N-dealkylation sites (tertiary alicyclic amines) is 1. The van der Waals surface area contributed by atoms with Crippen LogP contribution in [0.5, 0.6) is 0 Å². The number of nitrogens with zero attached hydrogens (tertiary/aromatic N) is 3. The van der Waals surface area contributed by atoms with Crippen molar-refractivity contribution in [2.45, 2.75) is 23.9 Å². The summed E-state index contributed by atoms with van der Waals surface area (Å²) < 4.78 is 67.7. The van der Waals surface area contributed by atoms with Crippen molar-refractivity contribution in [1.82, 2.24) is 14.1 Å². The molecule has 2 aliphatic heterocycles. The minimum atomic E-state index is -4.59. The molecule has 0 spiro atoms. The molecule has 13 heteroatoms. The average Bonchev–Trinajstić information content (AvgIpc) is 2.77. The molecule has 0 unspecified atom stereocenters. The van der Waals surface area contributed by atoms with Gasteiger partial charge in [0, 0.05) is 50.9 Å². The van der Waals surface area contributed by atoms with Gasteiger partial charge < -0.3 is 19.9 Å². The third-order valence-electron chi connectivity index (χ3n) is 5.71. The Labute approximate surface area is 190 Å². The second kappa shape index (κ2) is 10.3. The van der Waals surface area contributed by atoms with Crippen molar-refractivity contribution >= 4 is 27.7 Å². The lowest BCUT2D eigenvalue weighted by molar-refractivity contribution is -0.162. The largest absolute Gasteiger partial charge is 0.440 e. The van der Waals surface area contributed by atoms with Crippen LogP contribution in [0.4, 0.5) is 23.7 Å². The number of anilines is 1. The predicted molar refractivity (Wildman–Crippen MR) is 113 cm³/mol. The summed E-state index contributed by atoms with van der Waals surface area (Å²) in [5.74, 6) is -0.724. The van der Waals surface area contributed by atoms with Crippen LogP contribution in [0.3, 0.4) is 0 Å². The molecule has 184 valence electrons. The van der Waals surface area contributed by atoms with Crippen molar-refractivity contribution in [3.63, 3.8) is 0 Å². The van der Waals surface area contributed by atoms with E-state index >= 15 is 0 Å². The number of benzene rings is 1. The van der Waals surface area contributed by atoms with E-state index in [0.29, 0.717) is 31.9 Å². The normalized spacial score (nSPS) is 19.3. The van der Waals surface area contributed by atoms with Crippen LogP contribution in [0.1, 0.15) is 12.8 Å². The van der Waals surface area contributed by atoms with Gasteiger partial charge in [0.15, 0.2) is 6.61 Å². The summed E-state index contributed by atoms with van der Waals surface area (Å²) in [6, 6.07) is 5.93. The number of piperazine rings is 1. The molecule has 2 heterocycles. The molecule has 1 aromatic rings. The van der Waals surface area contributed by atoms with E-state index in [1.54, 1.807) is 0 Å². The molecule has 0 aromatic heterocycles. The third-order valence-corrected chi connectivity index (χ3v) is 7.62. The summed E-state index contributed by atoms with van der Waals surface area (Å²) in [7, 11) is -1.67. The Balaban J connectivity index is 1.50. The minimum absolute atomic E-state index is 0.108. The van der Waals surface area contributed by atoms with Gasteiger partial charge in [-0.3, -0.25) is 4.79 Å². The number of halogens is 3. The topological polar surface area (TPSA) is 99.3 Å². The Morgan fingerprint density at radius 2 is 1.61 bits per heavy atom. The van der Waals surface area contributed by atoms with Crippen LogP contribution in [0.15, 0.2) is 29.2 Å². The van der Waals surface area contributed by atoms with Crippen LogP contribution in [-0.4, -0.2) is 93.6 Å². The number of hydrogen-bond acceptors (Lipinski definition) is 6. The van der Waals surface area contributed by atoms with Crippen LogP contribution in [-0.2, 0) is 19.6 Å². The lowest BCUT2D eigenvalue weighted by atomic mass is 9.96. The van der Waals surface area contributed by atoms with Crippen LogP contribution in [0.2, 0.25) is 0 Å². The van der Waals surface area contributed by atoms with Crippen LogP contribution in [0, 0.1) is 5.92 Å². The zero-order chi connectivity index (χ0) is 24.2. The lowest BCUT2D eigenvalue weighted by Gasteiger charge is -2.31. The molecule has 2 saturated heterocycles. The smallest absolute Gasteiger partial charge is 0.422 e. The summed E-state index contributed by atoms with van der Waals surface area (Å²) in [5.41, 5.74) is 0.435. The summed E-state index contributed by atoms with van der Waals surface area (Å²) in [4.78, 5) is 27.6. The monoisotopic (exact) mass is 492 g/mol. The van der Waals surface area contributed by atoms with E-state index in [2.05, 4.69) is 15.0 Å². The third kappa shape index (κ3) is 6.81. The van der Waals surface area contributed by atoms with E-state index in [4.69, 9.17) is 0 Å². The zero-order valence-electron chi connectivity index (χ0n) is 18.2. The Morgan fingerprint density at radius 1 is 1.03 bits per heavy atom. The standard InChI is InChI=1S/C20H27F3N4O5S/c1-25-10-12-27(13-11-25)33(30,31)17-4-2-16(3-5-17)24-18(28)15-6-8-26(9-7-15)19(29)32-14-20(21,22)23/h2-5,15H,6-14H2,1H3,(H,24,28). The highest BCUT2D eigenvalue weighted by molar-refractivity contribution is 7.89. The molecule has 33 heavy (non-hydrogen) atoms. The lowest BCUT2D eigenvalue weighted by Crippen LogP contribution is -2.46. The van der Waals surface area contributed by atoms with Crippen LogP contribution >= 0.6 is 0 Å². The van der Waals surface area contributed by atoms with Crippen molar-refractivity contribution in [2.24, 2.45) is 5.92 Å². The fraction of sp³-hybridized carbons (Fsp3) is 0.600. The van der Waals surface area contributed by atoms with Gasteiger partial charge in [-0.1, -0.05) is 0 Å². The van der Waals surface area contributed by atoms with Gasteiger partial charge in [-0.25, -0.2) is 13.2 Å². The number of sulfonamides is 1. The van der Waals surface area contributed by atoms with Gasteiger partial charge in [-0.15, -0.1) is 0 Å². The van der Waals surface area contributed by atoms with Gasteiger partial charge in [0.1, 0.15) is 0 Å². The summed E-state index contributed by atoms with van der Waals surface area (Å²) in [6.07, 6.45) is -5.08. The second-order valence-corrected chi connectivity index (χ2v) is 10.1. The van der Waals surface area contributed by atoms with Gasteiger partial charge >= 0.3 is 12.3 Å². The maximum Gasteiger partial charge on any atom is 0.422 e. The quantitative estimate of drug-likeness (QED) is 0.675. The van der Waals surface area contributed by atoms with Gasteiger partial charge in [-0.2, -0.15) is 17.5 Å². The van der Waals surface area contributed by atoms with Gasteiger partial charge in [0.25, 0.3) is 0 Å². The average molecular weight is 493 g/mol. The number of carbonyl (C=O) groups is 2. The van der Waals surface area contributed by atoms with Crippen molar-refractivity contribution in [2.75, 3.05) is 58.2 Å². The Hall–Kier alpha value is -2.38. The van der Waals surface area contributed by atoms with Crippen molar-refractivity contribution < 1.29 is 35.9 Å². The number of ether oxygens (including phenoxy) is 1. The molecular formula is C20H27F3N4O5S. The molecule has 2 fully saturated rings. The highest BCUT2D eigenvalue weighted by Gasteiger charge is 2.33. The first kappa shape index (κ1) is 25.2. The Bertz CT molecular complexity index is 939. The van der Waals surface area contributed by atoms with Gasteiger partial charge in [-0.05, 0) is 44.2 Å². The second-order valence-electron chi connectivity index (χ2n) is 8.15. The first-order valence-corrected chi connectivity index (χ1v) is 12.0. The minimum Gasteiger partial charge on any atom is -0.440 e. The number of likely N-dealkylation sites (N-methyl/N-ethyl adjacent to an activating group) is 1. The summed E-state index contributed by atoms with van der Waals surface area (Å²) in [5, 5.41) is 2.73. The van der Waals surface area contributed by atoms with E-state index in [9.17, 15) is 31.2 Å². The molecule has 2 aliphatic rings. The number of nitrogens with one attached hydrogen (secondary N) is 1. The first-order valence-electron chi connectivity index (χ1n) is 10.5. The molecule has 0 saturated carbocycles. The van der Waals surface area contributed by atoms with E-state index < -0.39 is 34.8 Å². The van der Waals surface area contributed by atoms with Crippen LogP contribution < -0.4 is 5.32 Å². The molecule has 1 aromatic carbocycles. The highest BCUT2D eigenvalue weighted by atomic mass is 32.2. The van der Waals surface area contributed by atoms with Gasteiger partial charge in [0.05, 0.1) is 4.90 Å². The van der Waals surface area contributed by atoms with E-state index in [1.165, 1.54) is 28.6 Å². The van der Waals surface area contributed by atoms with Gasteiger partial charge in [0.2, 0.25) is 15.9 Å². The number of piperidine rings is 1. The predicted octanol–water partition coefficient (Wildman–Crippen LogP) is 1.97. The molecule has 0 aliphatic carbocycles. The van der Waals surface area contributed by atoms with Crippen molar-refractivity contribution in [3.8, 4) is 0 Å². The Morgan fingerprint density at radius 3 is 2.15 bits per heavy atom. The summed E-state index contributed by atoms with van der Waals surface area (Å²) >= 11 is 0. The Kier molecular flexibility index (Phi) is 7.85. The van der Waals surface area contributed by atoms with E-state index in [-0.39, 0.29) is 36.7 Å². The fourth-order valence-corrected chi connectivity index (χ4v) is 5.11. The maximum absolute atomic E-state index is 12.8. The van der Waals surface area contributed by atoms with E-state index in [1.807, 2.05) is 7.05 Å². The number of alkyl halides is 3. The number of amides is 2. The maximum atomic E-state index is 12.8. The van der Waals surface area contributed by atoms with Crippen LogP contribution in [0.25, 0.3) is 0 Å². The first-order chi connectivity index (χ1) is 15.5. The zero-order valence-corrected chi connectivity index (χ0v) is 19.0. The highest BCUT2D eigenvalue weighted by Crippen LogP contribution is 2.23. The molecule has 3 rings (SSSR count). The molecule has 1 N–H and O–H groups in total. The molecular weight excluding hydrogens is 465 g/mol. The molecule has 0 atom stereocenters. The van der Waals surface area contributed by atoms with Crippen molar-refractivity contribution in [1.29, 1.82) is 0 Å². The summed E-state index contributed by atoms with van der Waals surface area (Å²) in [6.45, 7) is 0.721.